The molecule has 0 unspecified atom stereocenters. The van der Waals surface area contributed by atoms with E-state index in [1.54, 1.807) is 6.92 Å². The van der Waals surface area contributed by atoms with Gasteiger partial charge in [0.1, 0.15) is 5.54 Å². The standard InChI is InChI=1S/C17H20FN3O3/c1-11-19-16(24-21-11)17(8-4-3-5-9-17)20-15(22)12-6-7-14(23-2)13(18)10-12/h6-7,10H,3-5,8-9H2,1-2H3,(H,20,22). The van der Waals surface area contributed by atoms with Crippen LogP contribution in [0.5, 0.6) is 5.75 Å². The van der Waals surface area contributed by atoms with Gasteiger partial charge < -0.3 is 14.6 Å². The van der Waals surface area contributed by atoms with E-state index in [0.717, 1.165) is 32.1 Å². The molecule has 1 aromatic heterocycles. The molecule has 0 atom stereocenters. The zero-order chi connectivity index (χ0) is 17.2. The van der Waals surface area contributed by atoms with Crippen LogP contribution >= 0.6 is 0 Å². The molecular weight excluding hydrogens is 313 g/mol. The van der Waals surface area contributed by atoms with Gasteiger partial charge in [-0.25, -0.2) is 4.39 Å². The first-order valence-electron chi connectivity index (χ1n) is 8.01. The number of benzene rings is 1. The zero-order valence-corrected chi connectivity index (χ0v) is 13.8. The van der Waals surface area contributed by atoms with Crippen LogP contribution in [0.4, 0.5) is 4.39 Å². The van der Waals surface area contributed by atoms with Crippen LogP contribution in [0.15, 0.2) is 22.7 Å². The van der Waals surface area contributed by atoms with Crippen molar-refractivity contribution in [2.75, 3.05) is 7.11 Å². The third-order valence-corrected chi connectivity index (χ3v) is 4.41. The van der Waals surface area contributed by atoms with E-state index < -0.39 is 11.4 Å². The van der Waals surface area contributed by atoms with E-state index in [0.29, 0.717) is 11.7 Å². The summed E-state index contributed by atoms with van der Waals surface area (Å²) in [7, 11) is 1.38. The maximum absolute atomic E-state index is 13.9. The molecule has 2 aromatic rings. The molecular formula is C17H20FN3O3. The lowest BCUT2D eigenvalue weighted by molar-refractivity contribution is 0.0824. The van der Waals surface area contributed by atoms with Gasteiger partial charge in [-0.2, -0.15) is 4.98 Å². The SMILES string of the molecule is COc1ccc(C(=O)NC2(c3nc(C)no3)CCCCC2)cc1F. The highest BCUT2D eigenvalue weighted by Gasteiger charge is 2.40. The molecule has 6 nitrogen and oxygen atoms in total. The van der Waals surface area contributed by atoms with Crippen LogP contribution in [0.1, 0.15) is 54.2 Å². The minimum Gasteiger partial charge on any atom is -0.494 e. The molecule has 0 spiro atoms. The lowest BCUT2D eigenvalue weighted by Crippen LogP contribution is -2.47. The monoisotopic (exact) mass is 333 g/mol. The van der Waals surface area contributed by atoms with Gasteiger partial charge in [-0.05, 0) is 38.0 Å². The van der Waals surface area contributed by atoms with Gasteiger partial charge in [0.2, 0.25) is 0 Å². The molecule has 128 valence electrons. The Kier molecular flexibility index (Phi) is 4.51. The van der Waals surface area contributed by atoms with Crippen molar-refractivity contribution < 1.29 is 18.4 Å². The van der Waals surface area contributed by atoms with Crippen LogP contribution in [0, 0.1) is 12.7 Å². The predicted octanol–water partition coefficient (Wildman–Crippen LogP) is 3.12. The number of halogens is 1. The maximum Gasteiger partial charge on any atom is 0.252 e. The van der Waals surface area contributed by atoms with E-state index in [1.807, 2.05) is 0 Å². The first-order chi connectivity index (χ1) is 11.5. The van der Waals surface area contributed by atoms with E-state index in [4.69, 9.17) is 9.26 Å². The summed E-state index contributed by atoms with van der Waals surface area (Å²) in [5.74, 6) is 0.110. The van der Waals surface area contributed by atoms with Gasteiger partial charge in [-0.15, -0.1) is 0 Å². The second-order valence-corrected chi connectivity index (χ2v) is 6.09. The van der Waals surface area contributed by atoms with Gasteiger partial charge >= 0.3 is 0 Å². The second kappa shape index (κ2) is 6.59. The summed E-state index contributed by atoms with van der Waals surface area (Å²) in [5, 5.41) is 6.84. The van der Waals surface area contributed by atoms with Crippen LogP contribution in [0.2, 0.25) is 0 Å². The van der Waals surface area contributed by atoms with E-state index in [9.17, 15) is 9.18 Å². The summed E-state index contributed by atoms with van der Waals surface area (Å²) in [6.45, 7) is 1.74. The summed E-state index contributed by atoms with van der Waals surface area (Å²) >= 11 is 0. The molecule has 0 aliphatic heterocycles. The molecule has 1 saturated carbocycles. The number of hydrogen-bond acceptors (Lipinski definition) is 5. The molecule has 0 radical (unpaired) electrons. The molecule has 3 rings (SSSR count). The van der Waals surface area contributed by atoms with Gasteiger partial charge in [-0.3, -0.25) is 4.79 Å². The highest BCUT2D eigenvalue weighted by molar-refractivity contribution is 5.94. The fourth-order valence-electron chi connectivity index (χ4n) is 3.14. The van der Waals surface area contributed by atoms with Gasteiger partial charge in [-0.1, -0.05) is 24.4 Å². The van der Waals surface area contributed by atoms with Gasteiger partial charge in [0.05, 0.1) is 7.11 Å². The smallest absolute Gasteiger partial charge is 0.252 e. The van der Waals surface area contributed by atoms with Crippen LogP contribution in [0.3, 0.4) is 0 Å². The average molecular weight is 333 g/mol. The second-order valence-electron chi connectivity index (χ2n) is 6.09. The number of nitrogens with zero attached hydrogens (tertiary/aromatic N) is 2. The predicted molar refractivity (Wildman–Crippen MR) is 84.2 cm³/mol. The molecule has 1 fully saturated rings. The molecule has 1 aliphatic carbocycles. The third kappa shape index (κ3) is 3.11. The Morgan fingerprint density at radius 2 is 2.08 bits per heavy atom. The fraction of sp³-hybridized carbons (Fsp3) is 0.471. The summed E-state index contributed by atoms with van der Waals surface area (Å²) in [6, 6.07) is 4.14. The minimum atomic E-state index is -0.688. The summed E-state index contributed by atoms with van der Waals surface area (Å²) in [5.41, 5.74) is -0.456. The topological polar surface area (TPSA) is 77.2 Å². The van der Waals surface area contributed by atoms with Crippen LogP contribution in [-0.2, 0) is 5.54 Å². The number of carbonyl (C=O) groups excluding carboxylic acids is 1. The highest BCUT2D eigenvalue weighted by atomic mass is 19.1. The fourth-order valence-corrected chi connectivity index (χ4v) is 3.14. The molecule has 1 aromatic carbocycles. The quantitative estimate of drug-likeness (QED) is 0.930. The van der Waals surface area contributed by atoms with Gasteiger partial charge in [0.25, 0.3) is 11.8 Å². The Morgan fingerprint density at radius 1 is 1.33 bits per heavy atom. The van der Waals surface area contributed by atoms with Crippen molar-refractivity contribution in [1.29, 1.82) is 0 Å². The van der Waals surface area contributed by atoms with E-state index >= 15 is 0 Å². The molecule has 0 saturated heterocycles. The number of aromatic nitrogens is 2. The summed E-state index contributed by atoms with van der Waals surface area (Å²) < 4.78 is 24.1. The van der Waals surface area contributed by atoms with E-state index in [-0.39, 0.29) is 17.2 Å². The summed E-state index contributed by atoms with van der Waals surface area (Å²) in [6.07, 6.45) is 4.46. The third-order valence-electron chi connectivity index (χ3n) is 4.41. The molecule has 24 heavy (non-hydrogen) atoms. The largest absolute Gasteiger partial charge is 0.494 e. The number of methoxy groups -OCH3 is 1. The van der Waals surface area contributed by atoms with Crippen LogP contribution in [-0.4, -0.2) is 23.2 Å². The number of amides is 1. The van der Waals surface area contributed by atoms with Gasteiger partial charge in [0, 0.05) is 5.56 Å². The lowest BCUT2D eigenvalue weighted by atomic mass is 9.81. The average Bonchev–Trinajstić information content (AvgIpc) is 3.03. The minimum absolute atomic E-state index is 0.103. The Hall–Kier alpha value is -2.44. The Morgan fingerprint density at radius 3 is 2.67 bits per heavy atom. The molecule has 1 amide bonds. The number of aryl methyl sites for hydroxylation is 1. The van der Waals surface area contributed by atoms with Crippen LogP contribution < -0.4 is 10.1 Å². The first kappa shape index (κ1) is 16.4. The number of rotatable bonds is 4. The van der Waals surface area contributed by atoms with E-state index in [1.165, 1.54) is 25.3 Å². The van der Waals surface area contributed by atoms with Crippen molar-refractivity contribution in [1.82, 2.24) is 15.5 Å². The molecule has 0 bridgehead atoms. The molecule has 1 N–H and O–H groups in total. The number of ether oxygens (including phenoxy) is 1. The Balaban J connectivity index is 1.87. The van der Waals surface area contributed by atoms with Crippen LogP contribution in [0.25, 0.3) is 0 Å². The van der Waals surface area contributed by atoms with Crippen molar-refractivity contribution in [3.8, 4) is 5.75 Å². The molecule has 1 aliphatic rings. The highest BCUT2D eigenvalue weighted by Crippen LogP contribution is 2.36. The zero-order valence-electron chi connectivity index (χ0n) is 13.8. The Labute approximate surface area is 139 Å². The number of hydrogen-bond donors (Lipinski definition) is 1. The first-order valence-corrected chi connectivity index (χ1v) is 8.01. The lowest BCUT2D eigenvalue weighted by Gasteiger charge is -2.34. The van der Waals surface area contributed by atoms with Crippen molar-refractivity contribution in [3.63, 3.8) is 0 Å². The Bertz CT molecular complexity index is 738. The number of nitrogens with one attached hydrogen (secondary N) is 1. The summed E-state index contributed by atoms with van der Waals surface area (Å²) in [4.78, 5) is 17.0. The van der Waals surface area contributed by atoms with Crippen molar-refractivity contribution >= 4 is 5.91 Å². The van der Waals surface area contributed by atoms with E-state index in [2.05, 4.69) is 15.5 Å². The maximum atomic E-state index is 13.9. The normalized spacial score (nSPS) is 16.6. The molecule has 7 heteroatoms. The number of carbonyl (C=O) groups is 1. The van der Waals surface area contributed by atoms with Gasteiger partial charge in [0.15, 0.2) is 17.4 Å². The van der Waals surface area contributed by atoms with Crippen molar-refractivity contribution in [2.24, 2.45) is 0 Å². The molecule has 1 heterocycles. The van der Waals surface area contributed by atoms with Crippen molar-refractivity contribution in [2.45, 2.75) is 44.6 Å². The van der Waals surface area contributed by atoms with Crippen molar-refractivity contribution in [3.05, 3.63) is 41.3 Å².